The number of hydrogen-bond donors (Lipinski definition) is 1. The largest absolute Gasteiger partial charge is 0.376 e. The number of aromatic nitrogens is 3. The second-order valence-corrected chi connectivity index (χ2v) is 5.80. The molecule has 0 bridgehead atoms. The molecule has 1 fully saturated rings. The monoisotopic (exact) mass is 330 g/mol. The molecule has 7 heteroatoms. The maximum absolute atomic E-state index is 11.8. The Bertz CT molecular complexity index is 663. The summed E-state index contributed by atoms with van der Waals surface area (Å²) in [7, 11) is 0. The third kappa shape index (κ3) is 4.39. The summed E-state index contributed by atoms with van der Waals surface area (Å²) >= 11 is 0. The molecule has 1 atom stereocenters. The first-order valence-corrected chi connectivity index (χ1v) is 8.13. The smallest absolute Gasteiger partial charge is 0.246 e. The maximum Gasteiger partial charge on any atom is 0.246 e. The zero-order valence-corrected chi connectivity index (χ0v) is 13.8. The van der Waals surface area contributed by atoms with Crippen molar-refractivity contribution in [3.63, 3.8) is 0 Å². The third-order valence-corrected chi connectivity index (χ3v) is 3.93. The lowest BCUT2D eigenvalue weighted by Crippen LogP contribution is -2.28. The van der Waals surface area contributed by atoms with E-state index in [1.165, 1.54) is 0 Å². The number of hydrogen-bond acceptors (Lipinski definition) is 5. The van der Waals surface area contributed by atoms with Gasteiger partial charge in [0, 0.05) is 31.7 Å². The second-order valence-electron chi connectivity index (χ2n) is 5.80. The molecule has 1 saturated heterocycles. The normalized spacial score (nSPS) is 17.1. The van der Waals surface area contributed by atoms with Gasteiger partial charge >= 0.3 is 0 Å². The van der Waals surface area contributed by atoms with Gasteiger partial charge in [-0.2, -0.15) is 0 Å². The van der Waals surface area contributed by atoms with Crippen molar-refractivity contribution in [3.05, 3.63) is 42.1 Å². The lowest BCUT2D eigenvalue weighted by Gasteiger charge is -2.10. The van der Waals surface area contributed by atoms with Crippen molar-refractivity contribution in [2.75, 3.05) is 19.8 Å². The average molecular weight is 330 g/mol. The molecule has 0 aromatic carbocycles. The number of nitrogens with one attached hydrogen (secondary N) is 1. The fourth-order valence-electron chi connectivity index (χ4n) is 2.59. The molecule has 1 aliphatic rings. The number of nitrogens with zero attached hydrogens (tertiary/aromatic N) is 3. The minimum atomic E-state index is -0.137. The van der Waals surface area contributed by atoms with E-state index in [0.29, 0.717) is 13.2 Å². The molecule has 1 N–H and O–H groups in total. The van der Waals surface area contributed by atoms with Crippen molar-refractivity contribution >= 4 is 5.91 Å². The van der Waals surface area contributed by atoms with Crippen LogP contribution in [0.25, 0.3) is 5.82 Å². The van der Waals surface area contributed by atoms with Gasteiger partial charge < -0.3 is 14.8 Å². The molecular weight excluding hydrogens is 308 g/mol. The van der Waals surface area contributed by atoms with Crippen molar-refractivity contribution < 1.29 is 14.3 Å². The van der Waals surface area contributed by atoms with Crippen LogP contribution >= 0.6 is 0 Å². The highest BCUT2D eigenvalue weighted by molar-refractivity contribution is 5.77. The van der Waals surface area contributed by atoms with E-state index in [1.807, 2.05) is 29.8 Å². The van der Waals surface area contributed by atoms with E-state index in [2.05, 4.69) is 15.3 Å². The van der Waals surface area contributed by atoms with Crippen LogP contribution in [0.15, 0.2) is 30.7 Å². The Morgan fingerprint density at radius 2 is 2.38 bits per heavy atom. The van der Waals surface area contributed by atoms with Crippen LogP contribution in [0.5, 0.6) is 0 Å². The van der Waals surface area contributed by atoms with Crippen LogP contribution in [0.2, 0.25) is 0 Å². The Kier molecular flexibility index (Phi) is 5.55. The number of rotatable bonds is 7. The van der Waals surface area contributed by atoms with Crippen LogP contribution in [-0.4, -0.2) is 46.4 Å². The van der Waals surface area contributed by atoms with E-state index in [0.717, 1.165) is 36.7 Å². The molecule has 0 aliphatic carbocycles. The van der Waals surface area contributed by atoms with Gasteiger partial charge in [-0.25, -0.2) is 9.97 Å². The van der Waals surface area contributed by atoms with Gasteiger partial charge in [-0.15, -0.1) is 0 Å². The minimum Gasteiger partial charge on any atom is -0.376 e. The van der Waals surface area contributed by atoms with Crippen LogP contribution < -0.4 is 5.32 Å². The first-order chi connectivity index (χ1) is 11.7. The van der Waals surface area contributed by atoms with Crippen LogP contribution in [0.3, 0.4) is 0 Å². The van der Waals surface area contributed by atoms with Gasteiger partial charge in [0.2, 0.25) is 5.91 Å². The average Bonchev–Trinajstić information content (AvgIpc) is 3.25. The van der Waals surface area contributed by atoms with Crippen LogP contribution in [0, 0.1) is 6.92 Å². The van der Waals surface area contributed by atoms with Gasteiger partial charge in [0.1, 0.15) is 18.2 Å². The number of ether oxygens (including phenoxy) is 2. The summed E-state index contributed by atoms with van der Waals surface area (Å²) in [6.07, 6.45) is 7.58. The Hall–Kier alpha value is -2.25. The SMILES string of the molecule is Cc1nccn1-c1ccc(CNC(=O)COCC2CCCO2)cn1. The van der Waals surface area contributed by atoms with Crippen LogP contribution in [0.1, 0.15) is 24.2 Å². The van der Waals surface area contributed by atoms with Gasteiger partial charge in [-0.1, -0.05) is 6.07 Å². The second kappa shape index (κ2) is 8.03. The van der Waals surface area contributed by atoms with Gasteiger partial charge in [0.15, 0.2) is 0 Å². The summed E-state index contributed by atoms with van der Waals surface area (Å²) in [6, 6.07) is 3.85. The van der Waals surface area contributed by atoms with Crippen molar-refractivity contribution in [2.24, 2.45) is 0 Å². The van der Waals surface area contributed by atoms with Crippen molar-refractivity contribution in [2.45, 2.75) is 32.4 Å². The molecule has 128 valence electrons. The van der Waals surface area contributed by atoms with Crippen molar-refractivity contribution in [3.8, 4) is 5.82 Å². The summed E-state index contributed by atoms with van der Waals surface area (Å²) in [5.74, 6) is 1.55. The number of carbonyl (C=O) groups excluding carboxylic acids is 1. The molecule has 0 spiro atoms. The summed E-state index contributed by atoms with van der Waals surface area (Å²) in [5, 5.41) is 2.83. The third-order valence-electron chi connectivity index (χ3n) is 3.93. The molecule has 1 unspecified atom stereocenters. The molecule has 1 amide bonds. The van der Waals surface area contributed by atoms with E-state index in [1.54, 1.807) is 12.4 Å². The van der Waals surface area contributed by atoms with E-state index in [-0.39, 0.29) is 18.6 Å². The van der Waals surface area contributed by atoms with Crippen molar-refractivity contribution in [1.29, 1.82) is 0 Å². The molecule has 2 aromatic heterocycles. The highest BCUT2D eigenvalue weighted by atomic mass is 16.5. The van der Waals surface area contributed by atoms with Gasteiger partial charge in [0.05, 0.1) is 12.7 Å². The molecule has 24 heavy (non-hydrogen) atoms. The number of amides is 1. The summed E-state index contributed by atoms with van der Waals surface area (Å²) < 4.78 is 12.7. The lowest BCUT2D eigenvalue weighted by molar-refractivity contribution is -0.127. The fourth-order valence-corrected chi connectivity index (χ4v) is 2.59. The summed E-state index contributed by atoms with van der Waals surface area (Å²) in [6.45, 7) is 3.68. The lowest BCUT2D eigenvalue weighted by atomic mass is 10.2. The molecule has 7 nitrogen and oxygen atoms in total. The zero-order valence-electron chi connectivity index (χ0n) is 13.8. The highest BCUT2D eigenvalue weighted by Crippen LogP contribution is 2.11. The standard InChI is InChI=1S/C17H22N4O3/c1-13-18-6-7-21(13)16-5-4-14(9-19-16)10-20-17(22)12-23-11-15-3-2-8-24-15/h4-7,9,15H,2-3,8,10-12H2,1H3,(H,20,22). The Balaban J connectivity index is 1.41. The van der Waals surface area contributed by atoms with Crippen LogP contribution in [0.4, 0.5) is 0 Å². The predicted octanol–water partition coefficient (Wildman–Crippen LogP) is 1.39. The fraction of sp³-hybridized carbons (Fsp3) is 0.471. The molecule has 0 radical (unpaired) electrons. The number of carbonyl (C=O) groups is 1. The molecule has 2 aromatic rings. The minimum absolute atomic E-state index is 0.0552. The zero-order chi connectivity index (χ0) is 16.8. The molecule has 1 aliphatic heterocycles. The number of imidazole rings is 1. The number of pyridine rings is 1. The Labute approximate surface area is 141 Å². The first kappa shape index (κ1) is 16.6. The first-order valence-electron chi connectivity index (χ1n) is 8.13. The molecule has 0 saturated carbocycles. The topological polar surface area (TPSA) is 78.3 Å². The molecular formula is C17H22N4O3. The van der Waals surface area contributed by atoms with Gasteiger partial charge in [-0.05, 0) is 31.4 Å². The quantitative estimate of drug-likeness (QED) is 0.830. The predicted molar refractivity (Wildman–Crippen MR) is 87.7 cm³/mol. The summed E-state index contributed by atoms with van der Waals surface area (Å²) in [5.41, 5.74) is 0.934. The van der Waals surface area contributed by atoms with Gasteiger partial charge in [0.25, 0.3) is 0 Å². The van der Waals surface area contributed by atoms with E-state index in [9.17, 15) is 4.79 Å². The van der Waals surface area contributed by atoms with Crippen LogP contribution in [-0.2, 0) is 20.8 Å². The molecule has 3 heterocycles. The van der Waals surface area contributed by atoms with Crippen molar-refractivity contribution in [1.82, 2.24) is 19.9 Å². The molecule has 3 rings (SSSR count). The maximum atomic E-state index is 11.8. The Morgan fingerprint density at radius 3 is 3.04 bits per heavy atom. The summed E-state index contributed by atoms with van der Waals surface area (Å²) in [4.78, 5) is 20.4. The van der Waals surface area contributed by atoms with E-state index < -0.39 is 0 Å². The highest BCUT2D eigenvalue weighted by Gasteiger charge is 2.15. The Morgan fingerprint density at radius 1 is 1.46 bits per heavy atom. The van der Waals surface area contributed by atoms with E-state index >= 15 is 0 Å². The van der Waals surface area contributed by atoms with E-state index in [4.69, 9.17) is 9.47 Å². The number of aryl methyl sites for hydroxylation is 1. The van der Waals surface area contributed by atoms with Gasteiger partial charge in [-0.3, -0.25) is 9.36 Å².